The number of carbonyl (C=O) groups excluding carboxylic acids is 2. The normalized spacial score (nSPS) is 18.7. The van der Waals surface area contributed by atoms with E-state index in [9.17, 15) is 14.4 Å². The van der Waals surface area contributed by atoms with E-state index in [4.69, 9.17) is 5.11 Å². The van der Waals surface area contributed by atoms with Crippen LogP contribution in [0.1, 0.15) is 37.8 Å². The Morgan fingerprint density at radius 2 is 2.04 bits per heavy atom. The summed E-state index contributed by atoms with van der Waals surface area (Å²) in [7, 11) is 0. The maximum atomic E-state index is 12.2. The van der Waals surface area contributed by atoms with Gasteiger partial charge in [-0.25, -0.2) is 0 Å². The molecule has 0 unspecified atom stereocenters. The summed E-state index contributed by atoms with van der Waals surface area (Å²) in [5.74, 6) is -1.44. The van der Waals surface area contributed by atoms with E-state index in [1.54, 1.807) is 4.90 Å². The highest BCUT2D eigenvalue weighted by molar-refractivity contribution is 5.89. The molecule has 0 aliphatic carbocycles. The van der Waals surface area contributed by atoms with Gasteiger partial charge >= 0.3 is 5.97 Å². The molecule has 0 bridgehead atoms. The number of carboxylic acids is 1. The van der Waals surface area contributed by atoms with E-state index in [0.717, 1.165) is 5.56 Å². The van der Waals surface area contributed by atoms with Crippen molar-refractivity contribution >= 4 is 17.8 Å². The van der Waals surface area contributed by atoms with Gasteiger partial charge in [0.05, 0.1) is 12.0 Å². The molecule has 2 amide bonds. The van der Waals surface area contributed by atoms with Crippen LogP contribution in [0.5, 0.6) is 0 Å². The van der Waals surface area contributed by atoms with Crippen LogP contribution in [0.2, 0.25) is 0 Å². The van der Waals surface area contributed by atoms with Gasteiger partial charge in [-0.2, -0.15) is 0 Å². The molecule has 0 spiro atoms. The van der Waals surface area contributed by atoms with E-state index >= 15 is 0 Å². The molecule has 1 aromatic carbocycles. The summed E-state index contributed by atoms with van der Waals surface area (Å²) >= 11 is 0. The first kappa shape index (κ1) is 17.0. The lowest BCUT2D eigenvalue weighted by Gasteiger charge is -2.25. The van der Waals surface area contributed by atoms with Gasteiger partial charge in [-0.3, -0.25) is 14.4 Å². The van der Waals surface area contributed by atoms with Crippen LogP contribution in [0.15, 0.2) is 30.3 Å². The Hall–Kier alpha value is -2.37. The van der Waals surface area contributed by atoms with Gasteiger partial charge in [0.1, 0.15) is 0 Å². The summed E-state index contributed by atoms with van der Waals surface area (Å²) in [4.78, 5) is 36.5. The summed E-state index contributed by atoms with van der Waals surface area (Å²) in [5, 5.41) is 11.3. The van der Waals surface area contributed by atoms with Crippen LogP contribution >= 0.6 is 0 Å². The van der Waals surface area contributed by atoms with E-state index in [0.29, 0.717) is 19.5 Å². The third-order valence-corrected chi connectivity index (χ3v) is 4.15. The minimum Gasteiger partial charge on any atom is -0.481 e. The standard InChI is InChI=1S/C17H22N2O4/c1-12(13-6-3-2-4-7-13)19-11-14(10-15(19)20)17(23)18-9-5-8-16(21)22/h2-4,6-7,12,14H,5,8-11H2,1H3,(H,18,23)(H,21,22)/t12-,14-/m0/s1. The average Bonchev–Trinajstić information content (AvgIpc) is 2.93. The molecular formula is C17H22N2O4. The van der Waals surface area contributed by atoms with E-state index in [1.165, 1.54) is 0 Å². The highest BCUT2D eigenvalue weighted by Gasteiger charge is 2.36. The highest BCUT2D eigenvalue weighted by Crippen LogP contribution is 2.28. The number of aliphatic carboxylic acids is 1. The average molecular weight is 318 g/mol. The number of carbonyl (C=O) groups is 3. The molecule has 23 heavy (non-hydrogen) atoms. The van der Waals surface area contributed by atoms with Gasteiger partial charge in [-0.05, 0) is 18.9 Å². The summed E-state index contributed by atoms with van der Waals surface area (Å²) in [6.45, 7) is 2.68. The van der Waals surface area contributed by atoms with E-state index < -0.39 is 5.97 Å². The van der Waals surface area contributed by atoms with Crippen LogP contribution in [0, 0.1) is 5.92 Å². The van der Waals surface area contributed by atoms with E-state index in [2.05, 4.69) is 5.32 Å². The topological polar surface area (TPSA) is 86.7 Å². The molecule has 6 nitrogen and oxygen atoms in total. The van der Waals surface area contributed by atoms with Crippen molar-refractivity contribution < 1.29 is 19.5 Å². The van der Waals surface area contributed by atoms with Crippen LogP contribution in [0.25, 0.3) is 0 Å². The fourth-order valence-corrected chi connectivity index (χ4v) is 2.79. The molecular weight excluding hydrogens is 296 g/mol. The van der Waals surface area contributed by atoms with Crippen molar-refractivity contribution in [2.24, 2.45) is 5.92 Å². The van der Waals surface area contributed by atoms with Gasteiger partial charge in [0, 0.05) is 25.9 Å². The molecule has 2 rings (SSSR count). The summed E-state index contributed by atoms with van der Waals surface area (Å²) in [6.07, 6.45) is 0.634. The van der Waals surface area contributed by atoms with Crippen LogP contribution in [0.4, 0.5) is 0 Å². The second kappa shape index (κ2) is 7.76. The maximum Gasteiger partial charge on any atom is 0.303 e. The number of nitrogens with zero attached hydrogens (tertiary/aromatic N) is 1. The number of hydrogen-bond donors (Lipinski definition) is 2. The molecule has 1 aliphatic heterocycles. The van der Waals surface area contributed by atoms with E-state index in [-0.39, 0.29) is 36.6 Å². The zero-order valence-electron chi connectivity index (χ0n) is 13.2. The Labute approximate surface area is 135 Å². The van der Waals surface area contributed by atoms with Crippen LogP contribution in [-0.2, 0) is 14.4 Å². The number of amides is 2. The number of hydrogen-bond acceptors (Lipinski definition) is 3. The predicted molar refractivity (Wildman–Crippen MR) is 84.6 cm³/mol. The Bertz CT molecular complexity index is 573. The maximum absolute atomic E-state index is 12.2. The lowest BCUT2D eigenvalue weighted by Crippen LogP contribution is -2.34. The molecule has 2 atom stereocenters. The lowest BCUT2D eigenvalue weighted by atomic mass is 10.1. The third-order valence-electron chi connectivity index (χ3n) is 4.15. The van der Waals surface area contributed by atoms with Crippen LogP contribution in [0.3, 0.4) is 0 Å². The van der Waals surface area contributed by atoms with Gasteiger partial charge in [0.15, 0.2) is 0 Å². The molecule has 0 aromatic heterocycles. The van der Waals surface area contributed by atoms with Crippen LogP contribution < -0.4 is 5.32 Å². The summed E-state index contributed by atoms with van der Waals surface area (Å²) in [5.41, 5.74) is 1.04. The van der Waals surface area contributed by atoms with Crippen molar-refractivity contribution in [2.45, 2.75) is 32.2 Å². The monoisotopic (exact) mass is 318 g/mol. The van der Waals surface area contributed by atoms with E-state index in [1.807, 2.05) is 37.3 Å². The van der Waals surface area contributed by atoms with Crippen molar-refractivity contribution in [1.82, 2.24) is 10.2 Å². The van der Waals surface area contributed by atoms with Crippen molar-refractivity contribution in [3.8, 4) is 0 Å². The second-order valence-corrected chi connectivity index (χ2v) is 5.82. The van der Waals surface area contributed by atoms with Crippen molar-refractivity contribution in [2.75, 3.05) is 13.1 Å². The first-order valence-electron chi connectivity index (χ1n) is 7.83. The minimum absolute atomic E-state index is 0.0213. The van der Waals surface area contributed by atoms with Gasteiger partial charge in [0.2, 0.25) is 11.8 Å². The highest BCUT2D eigenvalue weighted by atomic mass is 16.4. The predicted octanol–water partition coefficient (Wildman–Crippen LogP) is 1.58. The van der Waals surface area contributed by atoms with Crippen molar-refractivity contribution in [1.29, 1.82) is 0 Å². The number of rotatable bonds is 7. The molecule has 0 radical (unpaired) electrons. The molecule has 1 aliphatic rings. The molecule has 6 heteroatoms. The molecule has 1 heterocycles. The zero-order valence-corrected chi connectivity index (χ0v) is 13.2. The molecule has 0 saturated carbocycles. The molecule has 1 fully saturated rings. The number of likely N-dealkylation sites (tertiary alicyclic amines) is 1. The Kier molecular flexibility index (Phi) is 5.73. The number of nitrogens with one attached hydrogen (secondary N) is 1. The fraction of sp³-hybridized carbons (Fsp3) is 0.471. The Morgan fingerprint density at radius 3 is 2.70 bits per heavy atom. The minimum atomic E-state index is -0.877. The lowest BCUT2D eigenvalue weighted by molar-refractivity contribution is -0.137. The molecule has 2 N–H and O–H groups in total. The molecule has 1 aromatic rings. The summed E-state index contributed by atoms with van der Waals surface area (Å²) < 4.78 is 0. The number of benzene rings is 1. The Morgan fingerprint density at radius 1 is 1.35 bits per heavy atom. The summed E-state index contributed by atoms with van der Waals surface area (Å²) in [6, 6.07) is 9.66. The van der Waals surface area contributed by atoms with Gasteiger partial charge in [-0.1, -0.05) is 30.3 Å². The fourth-order valence-electron chi connectivity index (χ4n) is 2.79. The molecule has 124 valence electrons. The SMILES string of the molecule is C[C@@H](c1ccccc1)N1C[C@@H](C(=O)NCCCC(=O)O)CC1=O. The largest absolute Gasteiger partial charge is 0.481 e. The van der Waals surface area contributed by atoms with Gasteiger partial charge < -0.3 is 15.3 Å². The van der Waals surface area contributed by atoms with Crippen LogP contribution in [-0.4, -0.2) is 40.9 Å². The first-order valence-corrected chi connectivity index (χ1v) is 7.83. The van der Waals surface area contributed by atoms with Gasteiger partial charge in [-0.15, -0.1) is 0 Å². The third kappa shape index (κ3) is 4.55. The van der Waals surface area contributed by atoms with Gasteiger partial charge in [0.25, 0.3) is 0 Å². The first-order chi connectivity index (χ1) is 11.0. The molecule has 1 saturated heterocycles. The van der Waals surface area contributed by atoms with Crippen molar-refractivity contribution in [3.05, 3.63) is 35.9 Å². The zero-order chi connectivity index (χ0) is 16.8. The van der Waals surface area contributed by atoms with Crippen molar-refractivity contribution in [3.63, 3.8) is 0 Å². The second-order valence-electron chi connectivity index (χ2n) is 5.82. The quantitative estimate of drug-likeness (QED) is 0.747. The Balaban J connectivity index is 1.87. The smallest absolute Gasteiger partial charge is 0.303 e. The number of carboxylic acid groups (broad SMARTS) is 1.